The van der Waals surface area contributed by atoms with Gasteiger partial charge in [-0.1, -0.05) is 206 Å². The van der Waals surface area contributed by atoms with Gasteiger partial charge in [0, 0.05) is 22.0 Å². The van der Waals surface area contributed by atoms with Gasteiger partial charge in [-0.3, -0.25) is 0 Å². The van der Waals surface area contributed by atoms with Gasteiger partial charge in [0.2, 0.25) is 0 Å². The van der Waals surface area contributed by atoms with E-state index in [0.717, 1.165) is 39.0 Å². The van der Waals surface area contributed by atoms with Crippen molar-refractivity contribution in [1.82, 2.24) is 0 Å². The number of furan rings is 1. The van der Waals surface area contributed by atoms with Crippen molar-refractivity contribution in [3.05, 3.63) is 281 Å². The molecule has 1 heterocycles. The highest BCUT2D eigenvalue weighted by atomic mass is 16.3. The zero-order valence-corrected chi connectivity index (χ0v) is 34.9. The number of benzene rings is 10. The van der Waals surface area contributed by atoms with Crippen molar-refractivity contribution in [1.29, 1.82) is 0 Å². The summed E-state index contributed by atoms with van der Waals surface area (Å²) in [5, 5.41) is 2.21. The SMILES string of the molecule is c1ccc(C2(c3ccccc3)c3ccccc3-c3cc(N(c4cccc5c4-c4ccccc4C54c5ccccc5-c5ccccc54)c4cccc5c4oc4ccccc45)ccc32)cc1. The molecule has 10 aromatic carbocycles. The van der Waals surface area contributed by atoms with E-state index in [0.29, 0.717) is 0 Å². The van der Waals surface area contributed by atoms with Crippen LogP contribution in [0, 0.1) is 0 Å². The predicted molar refractivity (Wildman–Crippen MR) is 262 cm³/mol. The van der Waals surface area contributed by atoms with Gasteiger partial charge in [0.15, 0.2) is 5.58 Å². The summed E-state index contributed by atoms with van der Waals surface area (Å²) in [5.74, 6) is 0. The van der Waals surface area contributed by atoms with Crippen molar-refractivity contribution < 1.29 is 4.42 Å². The Morgan fingerprint density at radius 3 is 1.45 bits per heavy atom. The Morgan fingerprint density at radius 2 is 0.781 bits per heavy atom. The van der Waals surface area contributed by atoms with Crippen LogP contribution in [0.4, 0.5) is 17.1 Å². The van der Waals surface area contributed by atoms with Gasteiger partial charge in [0.25, 0.3) is 0 Å². The molecule has 14 rings (SSSR count). The lowest BCUT2D eigenvalue weighted by Gasteiger charge is -2.34. The van der Waals surface area contributed by atoms with Gasteiger partial charge in [-0.15, -0.1) is 0 Å². The molecule has 0 radical (unpaired) electrons. The molecule has 2 heteroatoms. The maximum absolute atomic E-state index is 6.94. The van der Waals surface area contributed by atoms with E-state index < -0.39 is 10.8 Å². The van der Waals surface area contributed by atoms with Gasteiger partial charge in [0.05, 0.1) is 22.2 Å². The van der Waals surface area contributed by atoms with E-state index >= 15 is 0 Å². The number of anilines is 3. The Kier molecular flexibility index (Phi) is 7.28. The van der Waals surface area contributed by atoms with Crippen molar-refractivity contribution in [2.45, 2.75) is 10.8 Å². The second-order valence-electron chi connectivity index (χ2n) is 17.4. The molecule has 3 aliphatic carbocycles. The van der Waals surface area contributed by atoms with Crippen molar-refractivity contribution in [2.24, 2.45) is 0 Å². The lowest BCUT2D eigenvalue weighted by Crippen LogP contribution is -2.28. The number of para-hydroxylation sites is 2. The van der Waals surface area contributed by atoms with Crippen LogP contribution in [0.1, 0.15) is 44.5 Å². The van der Waals surface area contributed by atoms with Crippen LogP contribution in [0.2, 0.25) is 0 Å². The molecule has 1 aromatic heterocycles. The number of hydrogen-bond donors (Lipinski definition) is 0. The van der Waals surface area contributed by atoms with Gasteiger partial charge < -0.3 is 9.32 Å². The van der Waals surface area contributed by atoms with E-state index in [2.05, 4.69) is 241 Å². The van der Waals surface area contributed by atoms with E-state index in [1.54, 1.807) is 0 Å². The zero-order valence-electron chi connectivity index (χ0n) is 34.9. The molecule has 2 nitrogen and oxygen atoms in total. The molecule has 0 saturated carbocycles. The summed E-state index contributed by atoms with van der Waals surface area (Å²) in [6.07, 6.45) is 0. The van der Waals surface area contributed by atoms with Crippen molar-refractivity contribution >= 4 is 39.0 Å². The van der Waals surface area contributed by atoms with E-state index in [1.165, 1.54) is 77.9 Å². The maximum atomic E-state index is 6.94. The fourth-order valence-electron chi connectivity index (χ4n) is 12.2. The fraction of sp³-hybridized carbons (Fsp3) is 0.0323. The Labute approximate surface area is 372 Å². The van der Waals surface area contributed by atoms with Crippen LogP contribution in [-0.4, -0.2) is 0 Å². The van der Waals surface area contributed by atoms with Crippen LogP contribution < -0.4 is 4.90 Å². The minimum Gasteiger partial charge on any atom is -0.454 e. The summed E-state index contributed by atoms with van der Waals surface area (Å²) in [6.45, 7) is 0. The van der Waals surface area contributed by atoms with E-state index in [4.69, 9.17) is 4.42 Å². The topological polar surface area (TPSA) is 16.4 Å². The highest BCUT2D eigenvalue weighted by Crippen LogP contribution is 2.65. The second-order valence-corrected chi connectivity index (χ2v) is 17.4. The third kappa shape index (κ3) is 4.44. The standard InChI is InChI=1S/C62H39NO/c1-3-19-40(20-4-1)61(41-21-5-2-6-22-41)50-29-12-9-25-45(50)49-39-42(37-38-54(49)61)63(57-35-17-28-47-46-26-11-16-36-58(46)64-60(47)57)56-34-18-33-55-59(56)48-27-10-15-32-53(48)62(55)51-30-13-7-23-43(51)44-24-8-14-31-52(44)62/h1-39H. The number of fused-ring (bicyclic) bond motifs is 16. The summed E-state index contributed by atoms with van der Waals surface area (Å²) in [6, 6.07) is 87.5. The molecule has 11 aromatic rings. The first-order valence-corrected chi connectivity index (χ1v) is 22.3. The molecule has 298 valence electrons. The van der Waals surface area contributed by atoms with Gasteiger partial charge in [-0.2, -0.15) is 0 Å². The van der Waals surface area contributed by atoms with E-state index in [1.807, 2.05) is 0 Å². The van der Waals surface area contributed by atoms with Crippen molar-refractivity contribution in [2.75, 3.05) is 4.90 Å². The van der Waals surface area contributed by atoms with Gasteiger partial charge in [-0.05, 0) is 103 Å². The predicted octanol–water partition coefficient (Wildman–Crippen LogP) is 15.8. The molecule has 0 aliphatic heterocycles. The zero-order chi connectivity index (χ0) is 42.0. The molecular weight excluding hydrogens is 775 g/mol. The summed E-state index contributed by atoms with van der Waals surface area (Å²) in [5.41, 5.74) is 21.8. The highest BCUT2D eigenvalue weighted by Gasteiger charge is 2.53. The first-order chi connectivity index (χ1) is 31.8. The van der Waals surface area contributed by atoms with E-state index in [-0.39, 0.29) is 0 Å². The average molecular weight is 814 g/mol. The summed E-state index contributed by atoms with van der Waals surface area (Å²) >= 11 is 0. The quantitative estimate of drug-likeness (QED) is 0.172. The van der Waals surface area contributed by atoms with Crippen LogP contribution in [0.3, 0.4) is 0 Å². The average Bonchev–Trinajstić information content (AvgIpc) is 4.08. The molecule has 0 unspecified atom stereocenters. The molecule has 0 saturated heterocycles. The third-order valence-corrected chi connectivity index (χ3v) is 14.6. The van der Waals surface area contributed by atoms with Crippen molar-refractivity contribution in [3.8, 4) is 33.4 Å². The largest absolute Gasteiger partial charge is 0.454 e. The maximum Gasteiger partial charge on any atom is 0.159 e. The first-order valence-electron chi connectivity index (χ1n) is 22.3. The molecule has 64 heavy (non-hydrogen) atoms. The minimum atomic E-state index is -0.501. The molecule has 0 atom stereocenters. The van der Waals surface area contributed by atoms with Gasteiger partial charge >= 0.3 is 0 Å². The highest BCUT2D eigenvalue weighted by molar-refractivity contribution is 6.11. The Balaban J connectivity index is 1.09. The second kappa shape index (κ2) is 13.2. The molecule has 0 bridgehead atoms. The molecular formula is C62H39NO. The van der Waals surface area contributed by atoms with Crippen LogP contribution in [0.5, 0.6) is 0 Å². The van der Waals surface area contributed by atoms with E-state index in [9.17, 15) is 0 Å². The first kappa shape index (κ1) is 35.4. The Hall–Kier alpha value is -8.20. The minimum absolute atomic E-state index is 0.478. The molecule has 0 amide bonds. The number of rotatable bonds is 5. The molecule has 0 fully saturated rings. The van der Waals surface area contributed by atoms with Crippen LogP contribution in [-0.2, 0) is 10.8 Å². The fourth-order valence-corrected chi connectivity index (χ4v) is 12.2. The molecule has 0 N–H and O–H groups in total. The summed E-state index contributed by atoms with van der Waals surface area (Å²) in [7, 11) is 0. The third-order valence-electron chi connectivity index (χ3n) is 14.6. The summed E-state index contributed by atoms with van der Waals surface area (Å²) < 4.78 is 6.94. The Morgan fingerprint density at radius 1 is 0.312 bits per heavy atom. The number of hydrogen-bond acceptors (Lipinski definition) is 2. The molecule has 1 spiro atoms. The Bertz CT molecular complexity index is 3610. The monoisotopic (exact) mass is 813 g/mol. The lowest BCUT2D eigenvalue weighted by atomic mass is 9.68. The van der Waals surface area contributed by atoms with Crippen LogP contribution in [0.15, 0.2) is 241 Å². The van der Waals surface area contributed by atoms with Crippen molar-refractivity contribution in [3.63, 3.8) is 0 Å². The normalized spacial score (nSPS) is 14.2. The summed E-state index contributed by atoms with van der Waals surface area (Å²) in [4.78, 5) is 2.49. The lowest BCUT2D eigenvalue weighted by molar-refractivity contribution is 0.669. The van der Waals surface area contributed by atoms with Crippen LogP contribution >= 0.6 is 0 Å². The smallest absolute Gasteiger partial charge is 0.159 e. The van der Waals surface area contributed by atoms with Gasteiger partial charge in [0.1, 0.15) is 5.58 Å². The number of nitrogens with zero attached hydrogens (tertiary/aromatic N) is 1. The van der Waals surface area contributed by atoms with Gasteiger partial charge in [-0.25, -0.2) is 0 Å². The molecule has 3 aliphatic rings. The van der Waals surface area contributed by atoms with Crippen LogP contribution in [0.25, 0.3) is 55.3 Å².